The lowest BCUT2D eigenvalue weighted by Crippen LogP contribution is -2.60. The Balaban J connectivity index is 2.82. The van der Waals surface area contributed by atoms with Gasteiger partial charge in [-0.15, -0.1) is 5.10 Å². The first-order valence-electron chi connectivity index (χ1n) is 4.74. The zero-order chi connectivity index (χ0) is 11.0. The average molecular weight is 200 g/mol. The Bertz CT molecular complexity index is 231. The van der Waals surface area contributed by atoms with Gasteiger partial charge in [0.2, 0.25) is 5.96 Å². The van der Waals surface area contributed by atoms with Crippen molar-refractivity contribution >= 4 is 5.96 Å². The Kier molecular flexibility index (Phi) is 2.63. The normalized spacial score (nSPS) is 26.3. The first-order valence-corrected chi connectivity index (χ1v) is 4.74. The number of hydrazone groups is 1. The maximum Gasteiger partial charge on any atom is 0.213 e. The highest BCUT2D eigenvalue weighted by molar-refractivity contribution is 5.78. The first kappa shape index (κ1) is 11.1. The number of ether oxygens (including phenoxy) is 1. The SMILES string of the molecule is CC1(C)CN(C(N)=NN)CC(C)(C)O1. The summed E-state index contributed by atoms with van der Waals surface area (Å²) in [5.41, 5.74) is 5.24. The molecule has 82 valence electrons. The molecule has 14 heavy (non-hydrogen) atoms. The molecule has 0 aromatic rings. The molecule has 0 bridgehead atoms. The molecule has 0 unspecified atom stereocenters. The minimum absolute atomic E-state index is 0.225. The van der Waals surface area contributed by atoms with E-state index in [1.165, 1.54) is 0 Å². The highest BCUT2D eigenvalue weighted by atomic mass is 16.5. The number of guanidine groups is 1. The minimum atomic E-state index is -0.225. The van der Waals surface area contributed by atoms with E-state index in [1.54, 1.807) is 0 Å². The zero-order valence-corrected chi connectivity index (χ0v) is 9.37. The van der Waals surface area contributed by atoms with Crippen LogP contribution in [0, 0.1) is 0 Å². The summed E-state index contributed by atoms with van der Waals surface area (Å²) in [6, 6.07) is 0. The maximum absolute atomic E-state index is 5.89. The number of rotatable bonds is 0. The first-order chi connectivity index (χ1) is 6.26. The van der Waals surface area contributed by atoms with Crippen LogP contribution in [0.2, 0.25) is 0 Å². The van der Waals surface area contributed by atoms with Crippen LogP contribution in [0.1, 0.15) is 27.7 Å². The molecule has 0 radical (unpaired) electrons. The van der Waals surface area contributed by atoms with E-state index in [0.29, 0.717) is 19.0 Å². The summed E-state index contributed by atoms with van der Waals surface area (Å²) in [5.74, 6) is 5.53. The molecule has 1 aliphatic rings. The summed E-state index contributed by atoms with van der Waals surface area (Å²) in [4.78, 5) is 1.95. The van der Waals surface area contributed by atoms with Crippen LogP contribution in [0.4, 0.5) is 0 Å². The molecule has 1 heterocycles. The van der Waals surface area contributed by atoms with Crippen LogP contribution in [-0.2, 0) is 4.74 Å². The second-order valence-electron chi connectivity index (χ2n) is 4.96. The molecule has 1 aliphatic heterocycles. The Hall–Kier alpha value is -0.970. The molecule has 1 saturated heterocycles. The van der Waals surface area contributed by atoms with Gasteiger partial charge in [-0.3, -0.25) is 0 Å². The monoisotopic (exact) mass is 200 g/mol. The summed E-state index contributed by atoms with van der Waals surface area (Å²) >= 11 is 0. The van der Waals surface area contributed by atoms with Gasteiger partial charge in [0, 0.05) is 13.1 Å². The van der Waals surface area contributed by atoms with E-state index in [-0.39, 0.29) is 11.2 Å². The Morgan fingerprint density at radius 3 is 2.00 bits per heavy atom. The van der Waals surface area contributed by atoms with Gasteiger partial charge in [0.25, 0.3) is 0 Å². The summed E-state index contributed by atoms with van der Waals surface area (Å²) in [6.45, 7) is 9.55. The van der Waals surface area contributed by atoms with E-state index in [9.17, 15) is 0 Å². The lowest BCUT2D eigenvalue weighted by Gasteiger charge is -2.47. The minimum Gasteiger partial charge on any atom is -0.368 e. The van der Waals surface area contributed by atoms with Crippen molar-refractivity contribution in [2.45, 2.75) is 38.9 Å². The van der Waals surface area contributed by atoms with Crippen molar-refractivity contribution in [3.05, 3.63) is 0 Å². The lowest BCUT2D eigenvalue weighted by molar-refractivity contribution is -0.167. The van der Waals surface area contributed by atoms with Crippen molar-refractivity contribution in [2.24, 2.45) is 16.7 Å². The van der Waals surface area contributed by atoms with Crippen molar-refractivity contribution in [2.75, 3.05) is 13.1 Å². The van der Waals surface area contributed by atoms with Crippen LogP contribution in [0.5, 0.6) is 0 Å². The lowest BCUT2D eigenvalue weighted by atomic mass is 9.99. The Morgan fingerprint density at radius 2 is 1.64 bits per heavy atom. The van der Waals surface area contributed by atoms with Gasteiger partial charge in [-0.05, 0) is 27.7 Å². The van der Waals surface area contributed by atoms with E-state index in [2.05, 4.69) is 5.10 Å². The molecular formula is C9H20N4O. The third-order valence-corrected chi connectivity index (χ3v) is 2.15. The van der Waals surface area contributed by atoms with Gasteiger partial charge < -0.3 is 21.2 Å². The summed E-state index contributed by atoms with van der Waals surface area (Å²) < 4.78 is 5.89. The third kappa shape index (κ3) is 2.51. The smallest absolute Gasteiger partial charge is 0.213 e. The molecule has 0 aromatic carbocycles. The van der Waals surface area contributed by atoms with Crippen molar-refractivity contribution in [3.8, 4) is 0 Å². The summed E-state index contributed by atoms with van der Waals surface area (Å²) in [7, 11) is 0. The second-order valence-corrected chi connectivity index (χ2v) is 4.96. The Morgan fingerprint density at radius 1 is 1.21 bits per heavy atom. The van der Waals surface area contributed by atoms with E-state index in [0.717, 1.165) is 0 Å². The molecule has 0 aromatic heterocycles. The number of hydrogen-bond donors (Lipinski definition) is 2. The van der Waals surface area contributed by atoms with Crippen molar-refractivity contribution in [3.63, 3.8) is 0 Å². The predicted octanol–water partition coefficient (Wildman–Crippen LogP) is 0.0642. The van der Waals surface area contributed by atoms with Gasteiger partial charge in [-0.2, -0.15) is 0 Å². The van der Waals surface area contributed by atoms with Crippen LogP contribution >= 0.6 is 0 Å². The fourth-order valence-electron chi connectivity index (χ4n) is 2.03. The van der Waals surface area contributed by atoms with Crippen LogP contribution in [0.25, 0.3) is 0 Å². The van der Waals surface area contributed by atoms with Gasteiger partial charge in [0.15, 0.2) is 0 Å². The quantitative estimate of drug-likeness (QED) is 0.251. The molecule has 0 saturated carbocycles. The third-order valence-electron chi connectivity index (χ3n) is 2.15. The molecule has 0 spiro atoms. The van der Waals surface area contributed by atoms with Crippen LogP contribution < -0.4 is 11.6 Å². The van der Waals surface area contributed by atoms with Crippen molar-refractivity contribution < 1.29 is 4.74 Å². The molecule has 1 fully saturated rings. The predicted molar refractivity (Wildman–Crippen MR) is 56.6 cm³/mol. The topological polar surface area (TPSA) is 76.9 Å². The maximum atomic E-state index is 5.89. The van der Waals surface area contributed by atoms with Crippen LogP contribution in [0.3, 0.4) is 0 Å². The molecular weight excluding hydrogens is 180 g/mol. The van der Waals surface area contributed by atoms with E-state index in [1.807, 2.05) is 32.6 Å². The van der Waals surface area contributed by atoms with Gasteiger partial charge in [-0.1, -0.05) is 0 Å². The number of nitrogens with two attached hydrogens (primary N) is 2. The molecule has 0 aliphatic carbocycles. The number of hydrogen-bond acceptors (Lipinski definition) is 3. The highest BCUT2D eigenvalue weighted by Gasteiger charge is 2.38. The number of morpholine rings is 1. The van der Waals surface area contributed by atoms with E-state index in [4.69, 9.17) is 16.3 Å². The van der Waals surface area contributed by atoms with Crippen LogP contribution in [0.15, 0.2) is 5.10 Å². The molecule has 4 N–H and O–H groups in total. The summed E-state index contributed by atoms with van der Waals surface area (Å²) in [5, 5.41) is 3.51. The zero-order valence-electron chi connectivity index (χ0n) is 9.37. The fourth-order valence-corrected chi connectivity index (χ4v) is 2.03. The summed E-state index contributed by atoms with van der Waals surface area (Å²) in [6.07, 6.45) is 0. The number of nitrogens with zero attached hydrogens (tertiary/aromatic N) is 2. The van der Waals surface area contributed by atoms with Gasteiger partial charge in [0.1, 0.15) is 0 Å². The van der Waals surface area contributed by atoms with Crippen molar-refractivity contribution in [1.29, 1.82) is 0 Å². The van der Waals surface area contributed by atoms with Crippen LogP contribution in [-0.4, -0.2) is 35.2 Å². The van der Waals surface area contributed by atoms with E-state index < -0.39 is 0 Å². The van der Waals surface area contributed by atoms with Crippen molar-refractivity contribution in [1.82, 2.24) is 4.90 Å². The molecule has 0 amide bonds. The van der Waals surface area contributed by atoms with E-state index >= 15 is 0 Å². The standard InChI is InChI=1S/C9H20N4O/c1-8(2)5-13(7(10)12-11)6-9(3,4)14-8/h5-6,11H2,1-4H3,(H2,10,12). The molecule has 5 heteroatoms. The molecule has 5 nitrogen and oxygen atoms in total. The van der Waals surface area contributed by atoms with Gasteiger partial charge in [0.05, 0.1) is 11.2 Å². The molecule has 0 atom stereocenters. The van der Waals surface area contributed by atoms with Gasteiger partial charge >= 0.3 is 0 Å². The molecule has 1 rings (SSSR count). The second kappa shape index (κ2) is 3.31. The average Bonchev–Trinajstić information content (AvgIpc) is 1.97. The fraction of sp³-hybridized carbons (Fsp3) is 0.889. The highest BCUT2D eigenvalue weighted by Crippen LogP contribution is 2.27. The Labute approximate surface area is 85.1 Å². The largest absolute Gasteiger partial charge is 0.368 e. The van der Waals surface area contributed by atoms with Gasteiger partial charge in [-0.25, -0.2) is 0 Å².